The predicted molar refractivity (Wildman–Crippen MR) is 94.6 cm³/mol. The van der Waals surface area contributed by atoms with Gasteiger partial charge in [-0.1, -0.05) is 18.2 Å². The molecule has 4 nitrogen and oxygen atoms in total. The molecule has 3 aromatic rings. The van der Waals surface area contributed by atoms with Crippen LogP contribution < -0.4 is 10.1 Å². The number of hydrogen-bond donors (Lipinski definition) is 1. The van der Waals surface area contributed by atoms with Gasteiger partial charge >= 0.3 is 0 Å². The van der Waals surface area contributed by atoms with Gasteiger partial charge in [-0.15, -0.1) is 0 Å². The van der Waals surface area contributed by atoms with Crippen LogP contribution in [-0.2, 0) is 0 Å². The van der Waals surface area contributed by atoms with E-state index in [1.54, 1.807) is 25.3 Å². The minimum Gasteiger partial charge on any atom is -0.497 e. The normalized spacial score (nSPS) is 10.5. The number of rotatable bonds is 4. The van der Waals surface area contributed by atoms with Crippen LogP contribution in [0.25, 0.3) is 11.3 Å². The van der Waals surface area contributed by atoms with Crippen molar-refractivity contribution >= 4 is 11.6 Å². The lowest BCUT2D eigenvalue weighted by atomic mass is 10.1. The molecule has 1 aromatic heterocycles. The number of ether oxygens (including phenoxy) is 1. The summed E-state index contributed by atoms with van der Waals surface area (Å²) in [7, 11) is 1.59. The lowest BCUT2D eigenvalue weighted by Gasteiger charge is -2.05. The summed E-state index contributed by atoms with van der Waals surface area (Å²) < 4.78 is 10.9. The van der Waals surface area contributed by atoms with Crippen LogP contribution in [0.1, 0.15) is 21.7 Å². The van der Waals surface area contributed by atoms with Gasteiger partial charge in [-0.2, -0.15) is 0 Å². The molecule has 1 N–H and O–H groups in total. The molecule has 0 aliphatic rings. The number of methoxy groups -OCH3 is 1. The Morgan fingerprint density at radius 1 is 1.00 bits per heavy atom. The van der Waals surface area contributed by atoms with Gasteiger partial charge in [0.05, 0.1) is 7.11 Å². The highest BCUT2D eigenvalue weighted by molar-refractivity contribution is 6.02. The van der Waals surface area contributed by atoms with Crippen molar-refractivity contribution in [3.8, 4) is 17.1 Å². The Balaban J connectivity index is 1.79. The fourth-order valence-electron chi connectivity index (χ4n) is 2.40. The van der Waals surface area contributed by atoms with Gasteiger partial charge < -0.3 is 14.5 Å². The molecule has 0 saturated carbocycles. The molecule has 0 aliphatic carbocycles. The number of carbonyl (C=O) groups excluding carboxylic acids is 1. The van der Waals surface area contributed by atoms with E-state index in [1.807, 2.05) is 30.3 Å². The summed E-state index contributed by atoms with van der Waals surface area (Å²) in [6.45, 7) is 4.12. The smallest absolute Gasteiger partial charge is 0.291 e. The molecule has 122 valence electrons. The van der Waals surface area contributed by atoms with Gasteiger partial charge in [0.25, 0.3) is 5.91 Å². The summed E-state index contributed by atoms with van der Waals surface area (Å²) in [5, 5.41) is 2.81. The number of anilines is 1. The fourth-order valence-corrected chi connectivity index (χ4v) is 2.40. The first-order chi connectivity index (χ1) is 11.6. The van der Waals surface area contributed by atoms with Gasteiger partial charge in [0, 0.05) is 17.3 Å². The first-order valence-corrected chi connectivity index (χ1v) is 7.69. The predicted octanol–water partition coefficient (Wildman–Crippen LogP) is 4.82. The molecule has 2 aromatic carbocycles. The number of benzene rings is 2. The quantitative estimate of drug-likeness (QED) is 0.749. The van der Waals surface area contributed by atoms with E-state index >= 15 is 0 Å². The first kappa shape index (κ1) is 15.9. The molecule has 0 radical (unpaired) electrons. The molecule has 24 heavy (non-hydrogen) atoms. The zero-order valence-corrected chi connectivity index (χ0v) is 13.9. The third kappa shape index (κ3) is 3.33. The summed E-state index contributed by atoms with van der Waals surface area (Å²) in [4.78, 5) is 12.3. The molecule has 0 spiro atoms. The average molecular weight is 321 g/mol. The second kappa shape index (κ2) is 6.62. The van der Waals surface area contributed by atoms with Gasteiger partial charge in [-0.25, -0.2) is 0 Å². The fraction of sp³-hybridized carbons (Fsp3) is 0.150. The summed E-state index contributed by atoms with van der Waals surface area (Å²) in [6, 6.07) is 16.8. The highest BCUT2D eigenvalue weighted by Crippen LogP contribution is 2.25. The zero-order chi connectivity index (χ0) is 17.1. The van der Waals surface area contributed by atoms with Crippen molar-refractivity contribution in [1.29, 1.82) is 0 Å². The average Bonchev–Trinajstić information content (AvgIpc) is 3.08. The van der Waals surface area contributed by atoms with Crippen LogP contribution in [0.2, 0.25) is 0 Å². The van der Waals surface area contributed by atoms with Crippen molar-refractivity contribution in [3.05, 3.63) is 71.5 Å². The Bertz CT molecular complexity index is 880. The topological polar surface area (TPSA) is 51.5 Å². The van der Waals surface area contributed by atoms with Crippen LogP contribution >= 0.6 is 0 Å². The minimum atomic E-state index is -0.293. The van der Waals surface area contributed by atoms with Gasteiger partial charge in [0.15, 0.2) is 5.76 Å². The van der Waals surface area contributed by atoms with Crippen LogP contribution in [0, 0.1) is 13.8 Å². The molecular weight excluding hydrogens is 302 g/mol. The van der Waals surface area contributed by atoms with Crippen molar-refractivity contribution in [2.75, 3.05) is 12.4 Å². The standard InChI is InChI=1S/C20H19NO3/c1-13-7-8-15(11-14(13)2)18-9-10-19(24-18)20(22)21-16-5-4-6-17(12-16)23-3/h4-12H,1-3H3,(H,21,22). The second-order valence-corrected chi connectivity index (χ2v) is 5.65. The largest absolute Gasteiger partial charge is 0.497 e. The van der Waals surface area contributed by atoms with E-state index in [0.29, 0.717) is 17.2 Å². The van der Waals surface area contributed by atoms with E-state index < -0.39 is 0 Å². The maximum Gasteiger partial charge on any atom is 0.291 e. The monoisotopic (exact) mass is 321 g/mol. The molecule has 0 aliphatic heterocycles. The van der Waals surface area contributed by atoms with Gasteiger partial charge in [0.2, 0.25) is 0 Å². The van der Waals surface area contributed by atoms with Crippen molar-refractivity contribution in [3.63, 3.8) is 0 Å². The molecule has 0 atom stereocenters. The molecule has 3 rings (SSSR count). The summed E-state index contributed by atoms with van der Waals surface area (Å²) >= 11 is 0. The maximum atomic E-state index is 12.3. The Hall–Kier alpha value is -3.01. The van der Waals surface area contributed by atoms with Crippen LogP contribution in [0.3, 0.4) is 0 Å². The lowest BCUT2D eigenvalue weighted by molar-refractivity contribution is 0.0997. The van der Waals surface area contributed by atoms with E-state index in [4.69, 9.17) is 9.15 Å². The summed E-state index contributed by atoms with van der Waals surface area (Å²) in [5.74, 6) is 1.33. The van der Waals surface area contributed by atoms with Gasteiger partial charge in [0.1, 0.15) is 11.5 Å². The SMILES string of the molecule is COc1cccc(NC(=O)c2ccc(-c3ccc(C)c(C)c3)o2)c1. The lowest BCUT2D eigenvalue weighted by Crippen LogP contribution is -2.10. The molecular formula is C20H19NO3. The molecule has 1 heterocycles. The number of hydrogen-bond acceptors (Lipinski definition) is 3. The second-order valence-electron chi connectivity index (χ2n) is 5.65. The van der Waals surface area contributed by atoms with E-state index in [1.165, 1.54) is 11.1 Å². The van der Waals surface area contributed by atoms with Gasteiger partial charge in [-0.05, 0) is 55.3 Å². The molecule has 0 saturated heterocycles. The van der Waals surface area contributed by atoms with Crippen molar-refractivity contribution < 1.29 is 13.9 Å². The number of furan rings is 1. The number of nitrogens with one attached hydrogen (secondary N) is 1. The van der Waals surface area contributed by atoms with Crippen molar-refractivity contribution in [2.45, 2.75) is 13.8 Å². The van der Waals surface area contributed by atoms with E-state index in [2.05, 4.69) is 25.2 Å². The Morgan fingerprint density at radius 2 is 1.83 bits per heavy atom. The minimum absolute atomic E-state index is 0.269. The summed E-state index contributed by atoms with van der Waals surface area (Å²) in [6.07, 6.45) is 0. The van der Waals surface area contributed by atoms with Crippen LogP contribution in [-0.4, -0.2) is 13.0 Å². The number of aryl methyl sites for hydroxylation is 2. The van der Waals surface area contributed by atoms with Crippen molar-refractivity contribution in [1.82, 2.24) is 0 Å². The van der Waals surface area contributed by atoms with Crippen LogP contribution in [0.4, 0.5) is 5.69 Å². The molecule has 0 fully saturated rings. The Kier molecular flexibility index (Phi) is 4.38. The third-order valence-electron chi connectivity index (χ3n) is 3.95. The highest BCUT2D eigenvalue weighted by atomic mass is 16.5. The van der Waals surface area contributed by atoms with E-state index in [0.717, 1.165) is 5.56 Å². The molecule has 0 bridgehead atoms. The first-order valence-electron chi connectivity index (χ1n) is 7.69. The molecule has 1 amide bonds. The number of carbonyl (C=O) groups is 1. The Morgan fingerprint density at radius 3 is 2.58 bits per heavy atom. The Labute approximate surface area is 141 Å². The summed E-state index contributed by atoms with van der Waals surface area (Å²) in [5.41, 5.74) is 4.02. The van der Waals surface area contributed by atoms with Crippen LogP contribution in [0.5, 0.6) is 5.75 Å². The van der Waals surface area contributed by atoms with Crippen molar-refractivity contribution in [2.24, 2.45) is 0 Å². The molecule has 4 heteroatoms. The van der Waals surface area contributed by atoms with Crippen LogP contribution in [0.15, 0.2) is 59.0 Å². The highest BCUT2D eigenvalue weighted by Gasteiger charge is 2.13. The van der Waals surface area contributed by atoms with E-state index in [-0.39, 0.29) is 11.7 Å². The maximum absolute atomic E-state index is 12.3. The zero-order valence-electron chi connectivity index (χ0n) is 13.9. The molecule has 0 unspecified atom stereocenters. The van der Waals surface area contributed by atoms with Gasteiger partial charge in [-0.3, -0.25) is 4.79 Å². The third-order valence-corrected chi connectivity index (χ3v) is 3.95. The number of amides is 1. The van der Waals surface area contributed by atoms with E-state index in [9.17, 15) is 4.79 Å².